The zero-order valence-corrected chi connectivity index (χ0v) is 10.9. The maximum Gasteiger partial charge on any atom is 0.125 e. The molecule has 0 aliphatic rings. The minimum absolute atomic E-state index is 1.02. The summed E-state index contributed by atoms with van der Waals surface area (Å²) < 4.78 is 1.12. The number of nitrogens with zero attached hydrogens (tertiary/aromatic N) is 1. The molecule has 1 heterocycles. The van der Waals surface area contributed by atoms with Crippen molar-refractivity contribution >= 4 is 32.3 Å². The lowest BCUT2D eigenvalue weighted by Crippen LogP contribution is -1.79. The average molecular weight is 260 g/mol. The van der Waals surface area contributed by atoms with Gasteiger partial charge in [0.1, 0.15) is 5.01 Å². The Bertz CT molecular complexity index is 838. The van der Waals surface area contributed by atoms with Crippen molar-refractivity contribution in [1.82, 2.24) is 4.98 Å². The van der Waals surface area contributed by atoms with E-state index >= 15 is 0 Å². The molecule has 0 fully saturated rings. The highest BCUT2D eigenvalue weighted by molar-refractivity contribution is 7.21. The topological polar surface area (TPSA) is 12.9 Å². The third kappa shape index (κ3) is 1.72. The van der Waals surface area contributed by atoms with Crippen LogP contribution in [0.2, 0.25) is 0 Å². The molecule has 89 valence electrons. The molecule has 0 amide bonds. The summed E-state index contributed by atoms with van der Waals surface area (Å²) in [7, 11) is 0. The van der Waals surface area contributed by atoms with E-state index in [2.05, 4.69) is 48.5 Å². The van der Waals surface area contributed by atoms with E-state index in [1.165, 1.54) is 16.3 Å². The van der Waals surface area contributed by atoms with Gasteiger partial charge in [0.15, 0.2) is 0 Å². The van der Waals surface area contributed by atoms with Gasteiger partial charge in [-0.15, -0.1) is 11.3 Å². The third-order valence-electron chi connectivity index (χ3n) is 3.24. The molecule has 1 nitrogen and oxygen atoms in total. The molecule has 4 aromatic rings. The zero-order chi connectivity index (χ0) is 12.7. The number of thiazole rings is 1. The Labute approximate surface area is 115 Å². The van der Waals surface area contributed by atoms with Gasteiger partial charge in [0, 0.05) is 11.6 Å². The standard InChI is InChI=1S/C17H10NS/c1-2-8-13-12(6-1)7-5-9-14(13)17-18-15-10-3-4-11-16(15)19-17/h1-10H. The lowest BCUT2D eigenvalue weighted by atomic mass is 10.1. The maximum absolute atomic E-state index is 4.72. The summed E-state index contributed by atoms with van der Waals surface area (Å²) >= 11 is 1.70. The molecule has 0 aliphatic heterocycles. The molecule has 0 atom stereocenters. The number of hydrogen-bond acceptors (Lipinski definition) is 2. The van der Waals surface area contributed by atoms with E-state index < -0.39 is 0 Å². The summed E-state index contributed by atoms with van der Waals surface area (Å²) in [6.07, 6.45) is 0. The molecule has 19 heavy (non-hydrogen) atoms. The first-order valence-corrected chi connectivity index (χ1v) is 6.99. The number of aromatic nitrogens is 1. The van der Waals surface area contributed by atoms with E-state index in [1.54, 1.807) is 11.3 Å². The van der Waals surface area contributed by atoms with E-state index in [-0.39, 0.29) is 0 Å². The summed E-state index contributed by atoms with van der Waals surface area (Å²) in [5.41, 5.74) is 2.23. The molecule has 1 aromatic heterocycles. The van der Waals surface area contributed by atoms with Crippen molar-refractivity contribution in [3.05, 3.63) is 66.7 Å². The van der Waals surface area contributed by atoms with Gasteiger partial charge in [-0.1, -0.05) is 54.6 Å². The summed E-state index contributed by atoms with van der Waals surface area (Å²) in [4.78, 5) is 4.72. The minimum atomic E-state index is 1.02. The van der Waals surface area contributed by atoms with E-state index in [0.717, 1.165) is 15.2 Å². The predicted molar refractivity (Wildman–Crippen MR) is 81.4 cm³/mol. The summed E-state index contributed by atoms with van der Waals surface area (Å²) in [5, 5.41) is 3.57. The van der Waals surface area contributed by atoms with Crippen LogP contribution in [0.1, 0.15) is 0 Å². The Balaban J connectivity index is 2.03. The SMILES string of the molecule is [c]1cccc2nc(-c3cccc4ccccc34)sc12. The Kier molecular flexibility index (Phi) is 2.35. The zero-order valence-electron chi connectivity index (χ0n) is 10.1. The van der Waals surface area contributed by atoms with E-state index in [1.807, 2.05) is 18.2 Å². The molecule has 0 unspecified atom stereocenters. The van der Waals surface area contributed by atoms with Crippen LogP contribution in [-0.4, -0.2) is 4.98 Å². The van der Waals surface area contributed by atoms with Crippen molar-refractivity contribution in [2.24, 2.45) is 0 Å². The molecular weight excluding hydrogens is 250 g/mol. The van der Waals surface area contributed by atoms with Crippen LogP contribution in [0, 0.1) is 6.07 Å². The van der Waals surface area contributed by atoms with Gasteiger partial charge in [-0.05, 0) is 16.8 Å². The minimum Gasteiger partial charge on any atom is -0.236 e. The third-order valence-corrected chi connectivity index (χ3v) is 4.27. The van der Waals surface area contributed by atoms with Gasteiger partial charge in [0.05, 0.1) is 10.2 Å². The fourth-order valence-electron chi connectivity index (χ4n) is 2.34. The van der Waals surface area contributed by atoms with Crippen LogP contribution in [0.4, 0.5) is 0 Å². The lowest BCUT2D eigenvalue weighted by Gasteiger charge is -2.02. The normalized spacial score (nSPS) is 11.2. The van der Waals surface area contributed by atoms with E-state index in [4.69, 9.17) is 4.98 Å². The summed E-state index contributed by atoms with van der Waals surface area (Å²) in [6.45, 7) is 0. The fraction of sp³-hybridized carbons (Fsp3) is 0. The monoisotopic (exact) mass is 260 g/mol. The average Bonchev–Trinajstić information content (AvgIpc) is 2.90. The second-order valence-corrected chi connectivity index (χ2v) is 5.43. The van der Waals surface area contributed by atoms with Gasteiger partial charge < -0.3 is 0 Å². The molecule has 3 aromatic carbocycles. The van der Waals surface area contributed by atoms with Gasteiger partial charge in [-0.25, -0.2) is 4.98 Å². The molecule has 0 aliphatic carbocycles. The first kappa shape index (κ1) is 10.7. The first-order valence-electron chi connectivity index (χ1n) is 6.17. The quantitative estimate of drug-likeness (QED) is 0.473. The van der Waals surface area contributed by atoms with Crippen molar-refractivity contribution in [2.45, 2.75) is 0 Å². The van der Waals surface area contributed by atoms with Crippen LogP contribution >= 0.6 is 11.3 Å². The van der Waals surface area contributed by atoms with Crippen LogP contribution in [0.5, 0.6) is 0 Å². The molecule has 2 heteroatoms. The number of hydrogen-bond donors (Lipinski definition) is 0. The number of benzene rings is 3. The second-order valence-electron chi connectivity index (χ2n) is 4.43. The fourth-order valence-corrected chi connectivity index (χ4v) is 3.31. The van der Waals surface area contributed by atoms with Crippen LogP contribution in [-0.2, 0) is 0 Å². The van der Waals surface area contributed by atoms with Gasteiger partial charge in [0.25, 0.3) is 0 Å². The Hall–Kier alpha value is -2.19. The molecule has 0 saturated carbocycles. The van der Waals surface area contributed by atoms with Crippen LogP contribution in [0.3, 0.4) is 0 Å². The molecule has 1 radical (unpaired) electrons. The van der Waals surface area contributed by atoms with Crippen molar-refractivity contribution in [3.8, 4) is 10.6 Å². The Morgan fingerprint density at radius 3 is 2.74 bits per heavy atom. The molecule has 4 rings (SSSR count). The number of rotatable bonds is 1. The van der Waals surface area contributed by atoms with Crippen LogP contribution in [0.15, 0.2) is 60.7 Å². The van der Waals surface area contributed by atoms with Crippen molar-refractivity contribution in [3.63, 3.8) is 0 Å². The highest BCUT2D eigenvalue weighted by Gasteiger charge is 2.08. The smallest absolute Gasteiger partial charge is 0.125 e. The maximum atomic E-state index is 4.72. The number of fused-ring (bicyclic) bond motifs is 2. The molecule has 0 bridgehead atoms. The predicted octanol–water partition coefficient (Wildman–Crippen LogP) is 4.92. The van der Waals surface area contributed by atoms with Gasteiger partial charge in [0.2, 0.25) is 0 Å². The Morgan fingerprint density at radius 2 is 1.79 bits per heavy atom. The van der Waals surface area contributed by atoms with E-state index in [9.17, 15) is 0 Å². The van der Waals surface area contributed by atoms with Crippen molar-refractivity contribution in [2.75, 3.05) is 0 Å². The molecule has 0 N–H and O–H groups in total. The first-order chi connectivity index (χ1) is 9.42. The highest BCUT2D eigenvalue weighted by Crippen LogP contribution is 2.34. The largest absolute Gasteiger partial charge is 0.236 e. The molecule has 0 saturated heterocycles. The van der Waals surface area contributed by atoms with Crippen molar-refractivity contribution in [1.29, 1.82) is 0 Å². The van der Waals surface area contributed by atoms with Gasteiger partial charge >= 0.3 is 0 Å². The summed E-state index contributed by atoms with van der Waals surface area (Å²) in [5.74, 6) is 0. The molecular formula is C17H10NS. The molecule has 0 spiro atoms. The van der Waals surface area contributed by atoms with Gasteiger partial charge in [-0.2, -0.15) is 0 Å². The highest BCUT2D eigenvalue weighted by atomic mass is 32.1. The van der Waals surface area contributed by atoms with Crippen molar-refractivity contribution < 1.29 is 0 Å². The second kappa shape index (κ2) is 4.18. The van der Waals surface area contributed by atoms with E-state index in [0.29, 0.717) is 0 Å². The Morgan fingerprint density at radius 1 is 0.895 bits per heavy atom. The van der Waals surface area contributed by atoms with Crippen LogP contribution in [0.25, 0.3) is 31.6 Å². The summed E-state index contributed by atoms with van der Waals surface area (Å²) in [6, 6.07) is 24.0. The van der Waals surface area contributed by atoms with Gasteiger partial charge in [-0.3, -0.25) is 0 Å². The lowest BCUT2D eigenvalue weighted by molar-refractivity contribution is 1.49. The van der Waals surface area contributed by atoms with Crippen LogP contribution < -0.4 is 0 Å².